The molecule has 1 aliphatic carbocycles. The van der Waals surface area contributed by atoms with Crippen molar-refractivity contribution in [1.82, 2.24) is 15.5 Å². The Morgan fingerprint density at radius 2 is 2.04 bits per heavy atom. The lowest BCUT2D eigenvalue weighted by Crippen LogP contribution is -2.50. The summed E-state index contributed by atoms with van der Waals surface area (Å²) >= 11 is 0. The normalized spacial score (nSPS) is 27.4. The smallest absolute Gasteiger partial charge is 0.325 e. The molecule has 1 aliphatic heterocycles. The van der Waals surface area contributed by atoms with Crippen molar-refractivity contribution in [3.05, 3.63) is 0 Å². The summed E-state index contributed by atoms with van der Waals surface area (Å²) in [6, 6.07) is -0.443. The van der Waals surface area contributed by atoms with Crippen molar-refractivity contribution in [2.75, 3.05) is 19.6 Å². The van der Waals surface area contributed by atoms with E-state index in [1.165, 1.54) is 0 Å². The predicted molar refractivity (Wildman–Crippen MR) is 86.5 cm³/mol. The Labute approximate surface area is 137 Å². The number of hydrogen-bond donors (Lipinski definition) is 3. The summed E-state index contributed by atoms with van der Waals surface area (Å²) < 4.78 is 0. The van der Waals surface area contributed by atoms with Gasteiger partial charge in [0.15, 0.2) is 0 Å². The van der Waals surface area contributed by atoms with Crippen LogP contribution in [0.3, 0.4) is 0 Å². The molecular weight excluding hydrogens is 296 g/mol. The largest absolute Gasteiger partial charge is 0.355 e. The van der Waals surface area contributed by atoms with Crippen LogP contribution in [0.2, 0.25) is 0 Å². The van der Waals surface area contributed by atoms with Gasteiger partial charge in [0.1, 0.15) is 12.1 Å². The molecule has 2 fully saturated rings. The van der Waals surface area contributed by atoms with Crippen molar-refractivity contribution in [3.63, 3.8) is 0 Å². The molecule has 0 bridgehead atoms. The van der Waals surface area contributed by atoms with E-state index < -0.39 is 11.6 Å². The highest BCUT2D eigenvalue weighted by Gasteiger charge is 2.52. The van der Waals surface area contributed by atoms with E-state index in [0.29, 0.717) is 31.8 Å². The Hall–Kier alpha value is -1.63. The fraction of sp³-hybridized carbons (Fsp3) is 0.812. The molecule has 0 atom stereocenters. The lowest BCUT2D eigenvalue weighted by molar-refractivity contribution is -0.136. The van der Waals surface area contributed by atoms with Crippen LogP contribution < -0.4 is 16.4 Å². The molecule has 0 aromatic rings. The van der Waals surface area contributed by atoms with Crippen molar-refractivity contribution in [2.24, 2.45) is 11.7 Å². The van der Waals surface area contributed by atoms with Gasteiger partial charge in [-0.2, -0.15) is 0 Å². The van der Waals surface area contributed by atoms with Crippen LogP contribution in [0.4, 0.5) is 4.79 Å². The second-order valence-electron chi connectivity index (χ2n) is 6.60. The topological polar surface area (TPSA) is 105 Å². The highest BCUT2D eigenvalue weighted by Crippen LogP contribution is 2.37. The van der Waals surface area contributed by atoms with E-state index in [-0.39, 0.29) is 18.4 Å². The van der Waals surface area contributed by atoms with Gasteiger partial charge in [-0.05, 0) is 51.0 Å². The Morgan fingerprint density at radius 1 is 1.35 bits per heavy atom. The number of hydrogen-bond acceptors (Lipinski definition) is 4. The van der Waals surface area contributed by atoms with Crippen molar-refractivity contribution in [2.45, 2.75) is 57.4 Å². The van der Waals surface area contributed by atoms with Gasteiger partial charge in [0.2, 0.25) is 5.91 Å². The van der Waals surface area contributed by atoms with E-state index >= 15 is 0 Å². The second kappa shape index (κ2) is 7.77. The average molecular weight is 324 g/mol. The molecule has 0 radical (unpaired) electrons. The van der Waals surface area contributed by atoms with Gasteiger partial charge in [-0.25, -0.2) is 4.79 Å². The number of nitrogens with two attached hydrogens (primary N) is 1. The zero-order valence-electron chi connectivity index (χ0n) is 13.9. The van der Waals surface area contributed by atoms with Crippen LogP contribution in [0.25, 0.3) is 0 Å². The fourth-order valence-corrected chi connectivity index (χ4v) is 3.43. The molecule has 1 heterocycles. The summed E-state index contributed by atoms with van der Waals surface area (Å²) in [5.74, 6) is 0.0872. The number of unbranched alkanes of at least 4 members (excludes halogenated alkanes) is 1. The first kappa shape index (κ1) is 17.7. The summed E-state index contributed by atoms with van der Waals surface area (Å²) in [6.07, 6.45) is 5.97. The maximum absolute atomic E-state index is 12.6. The number of carbonyl (C=O) groups is 3. The highest BCUT2D eigenvalue weighted by atomic mass is 16.2. The molecular formula is C16H28N4O3. The molecule has 4 N–H and O–H groups in total. The van der Waals surface area contributed by atoms with E-state index in [9.17, 15) is 14.4 Å². The standard InChI is InChI=1S/C16H28N4O3/c1-2-12-5-7-16(8-6-12)14(22)20(15(23)19-16)11-13(21)18-10-4-3-9-17/h12H,2-11,17H2,1H3,(H,18,21)(H,19,23). The monoisotopic (exact) mass is 324 g/mol. The zero-order chi connectivity index (χ0) is 16.9. The zero-order valence-corrected chi connectivity index (χ0v) is 13.9. The number of rotatable bonds is 7. The van der Waals surface area contributed by atoms with Crippen molar-refractivity contribution in [1.29, 1.82) is 0 Å². The highest BCUT2D eigenvalue weighted by molar-refractivity contribution is 6.09. The van der Waals surface area contributed by atoms with Crippen LogP contribution in [-0.2, 0) is 9.59 Å². The average Bonchev–Trinajstić information content (AvgIpc) is 2.77. The molecule has 7 nitrogen and oxygen atoms in total. The molecule has 1 spiro atoms. The number of imide groups is 1. The van der Waals surface area contributed by atoms with Crippen LogP contribution in [0.1, 0.15) is 51.9 Å². The SMILES string of the molecule is CCC1CCC2(CC1)NC(=O)N(CC(=O)NCCCCN)C2=O. The minimum Gasteiger partial charge on any atom is -0.355 e. The van der Waals surface area contributed by atoms with Crippen LogP contribution in [0.5, 0.6) is 0 Å². The van der Waals surface area contributed by atoms with Gasteiger partial charge in [0.25, 0.3) is 5.91 Å². The molecule has 0 unspecified atom stereocenters. The molecule has 2 aliphatic rings. The second-order valence-corrected chi connectivity index (χ2v) is 6.60. The summed E-state index contributed by atoms with van der Waals surface area (Å²) in [5.41, 5.74) is 4.62. The molecule has 23 heavy (non-hydrogen) atoms. The number of urea groups is 1. The molecule has 1 saturated carbocycles. The number of carbonyl (C=O) groups excluding carboxylic acids is 3. The van der Waals surface area contributed by atoms with Crippen LogP contribution in [-0.4, -0.2) is 47.9 Å². The maximum Gasteiger partial charge on any atom is 0.325 e. The quantitative estimate of drug-likeness (QED) is 0.474. The van der Waals surface area contributed by atoms with Crippen molar-refractivity contribution >= 4 is 17.8 Å². The van der Waals surface area contributed by atoms with Gasteiger partial charge < -0.3 is 16.4 Å². The van der Waals surface area contributed by atoms with Gasteiger partial charge in [-0.1, -0.05) is 13.3 Å². The van der Waals surface area contributed by atoms with Crippen LogP contribution >= 0.6 is 0 Å². The van der Waals surface area contributed by atoms with E-state index in [0.717, 1.165) is 37.0 Å². The molecule has 7 heteroatoms. The van der Waals surface area contributed by atoms with Crippen LogP contribution in [0.15, 0.2) is 0 Å². The molecule has 1 saturated heterocycles. The van der Waals surface area contributed by atoms with Crippen molar-refractivity contribution in [3.8, 4) is 0 Å². The number of amides is 4. The number of nitrogens with one attached hydrogen (secondary N) is 2. The van der Waals surface area contributed by atoms with Gasteiger partial charge in [0, 0.05) is 6.54 Å². The third-order valence-electron chi connectivity index (χ3n) is 5.04. The van der Waals surface area contributed by atoms with Crippen molar-refractivity contribution < 1.29 is 14.4 Å². The predicted octanol–water partition coefficient (Wildman–Crippen LogP) is 0.732. The summed E-state index contributed by atoms with van der Waals surface area (Å²) in [5, 5.41) is 5.56. The summed E-state index contributed by atoms with van der Waals surface area (Å²) in [4.78, 5) is 37.7. The van der Waals surface area contributed by atoms with Crippen LogP contribution in [0, 0.1) is 5.92 Å². The Balaban J connectivity index is 1.88. The minimum absolute atomic E-state index is 0.202. The summed E-state index contributed by atoms with van der Waals surface area (Å²) in [7, 11) is 0. The third-order valence-corrected chi connectivity index (χ3v) is 5.04. The number of nitrogens with zero attached hydrogens (tertiary/aromatic N) is 1. The molecule has 130 valence electrons. The van der Waals surface area contributed by atoms with Gasteiger partial charge in [-0.3, -0.25) is 14.5 Å². The lowest BCUT2D eigenvalue weighted by atomic mass is 9.75. The first-order valence-electron chi connectivity index (χ1n) is 8.63. The summed E-state index contributed by atoms with van der Waals surface area (Å²) in [6.45, 7) is 3.05. The van der Waals surface area contributed by atoms with Gasteiger partial charge in [0.05, 0.1) is 0 Å². The van der Waals surface area contributed by atoms with Gasteiger partial charge in [-0.15, -0.1) is 0 Å². The first-order chi connectivity index (χ1) is 11.0. The molecule has 2 rings (SSSR count). The van der Waals surface area contributed by atoms with Gasteiger partial charge >= 0.3 is 6.03 Å². The Kier molecular flexibility index (Phi) is 5.98. The van der Waals surface area contributed by atoms with E-state index in [1.807, 2.05) is 0 Å². The first-order valence-corrected chi connectivity index (χ1v) is 8.63. The van der Waals surface area contributed by atoms with E-state index in [1.54, 1.807) is 0 Å². The third kappa shape index (κ3) is 4.02. The Bertz CT molecular complexity index is 458. The minimum atomic E-state index is -0.775. The van der Waals surface area contributed by atoms with E-state index in [4.69, 9.17) is 5.73 Å². The Morgan fingerprint density at radius 3 is 2.65 bits per heavy atom. The molecule has 0 aromatic carbocycles. The molecule has 4 amide bonds. The lowest BCUT2D eigenvalue weighted by Gasteiger charge is -2.34. The molecule has 0 aromatic heterocycles. The maximum atomic E-state index is 12.6. The fourth-order valence-electron chi connectivity index (χ4n) is 3.43. The van der Waals surface area contributed by atoms with E-state index in [2.05, 4.69) is 17.6 Å².